The second-order valence-corrected chi connectivity index (χ2v) is 12.6. The van der Waals surface area contributed by atoms with Gasteiger partial charge < -0.3 is 24.5 Å². The first-order valence-corrected chi connectivity index (χ1v) is 16.1. The predicted octanol–water partition coefficient (Wildman–Crippen LogP) is 1.78. The summed E-state index contributed by atoms with van der Waals surface area (Å²) in [6.07, 6.45) is 3.08. The predicted molar refractivity (Wildman–Crippen MR) is 167 cm³/mol. The molecule has 5 aromatic rings. The maximum absolute atomic E-state index is 14.9. The van der Waals surface area contributed by atoms with Gasteiger partial charge in [0, 0.05) is 59.4 Å². The molecule has 0 spiro atoms. The van der Waals surface area contributed by atoms with Gasteiger partial charge in [0.05, 0.1) is 35.8 Å². The lowest BCUT2D eigenvalue weighted by Crippen LogP contribution is -2.48. The lowest BCUT2D eigenvalue weighted by Gasteiger charge is -2.36. The van der Waals surface area contributed by atoms with Crippen molar-refractivity contribution in [1.82, 2.24) is 33.5 Å². The Kier molecular flexibility index (Phi) is 8.28. The highest BCUT2D eigenvalue weighted by atomic mass is 32.2. The summed E-state index contributed by atoms with van der Waals surface area (Å²) >= 11 is -1.11. The van der Waals surface area contributed by atoms with Crippen molar-refractivity contribution in [3.05, 3.63) is 64.3 Å². The molecule has 6 rings (SSSR count). The van der Waals surface area contributed by atoms with Crippen molar-refractivity contribution >= 4 is 45.4 Å². The molecule has 0 unspecified atom stereocenters. The average Bonchev–Trinajstić information content (AvgIpc) is 3.75. The summed E-state index contributed by atoms with van der Waals surface area (Å²) in [4.78, 5) is 35.9. The fourth-order valence-corrected chi connectivity index (χ4v) is 6.17. The Hall–Kier alpha value is -4.41. The third-order valence-electron chi connectivity index (χ3n) is 8.16. The van der Waals surface area contributed by atoms with E-state index >= 15 is 0 Å². The first-order chi connectivity index (χ1) is 21.5. The number of anilines is 2. The molecular formula is C29H33F2N9O4S. The van der Waals surface area contributed by atoms with Crippen molar-refractivity contribution in [1.29, 1.82) is 0 Å². The van der Waals surface area contributed by atoms with Crippen LogP contribution in [0.3, 0.4) is 0 Å². The maximum atomic E-state index is 14.9. The van der Waals surface area contributed by atoms with Gasteiger partial charge in [0.15, 0.2) is 11.4 Å². The van der Waals surface area contributed by atoms with Gasteiger partial charge in [-0.1, -0.05) is 11.2 Å². The van der Waals surface area contributed by atoms with Crippen molar-refractivity contribution in [2.75, 3.05) is 69.0 Å². The number of aromatic nitrogens is 5. The van der Waals surface area contributed by atoms with E-state index < -0.39 is 28.7 Å². The molecule has 1 atom stereocenters. The van der Waals surface area contributed by atoms with Crippen molar-refractivity contribution in [3.8, 4) is 11.5 Å². The zero-order valence-corrected chi connectivity index (χ0v) is 25.9. The van der Waals surface area contributed by atoms with E-state index in [0.29, 0.717) is 67.4 Å². The molecule has 13 nitrogen and oxygen atoms in total. The number of nitrogens with two attached hydrogens (primary N) is 1. The quantitative estimate of drug-likeness (QED) is 0.238. The van der Waals surface area contributed by atoms with Gasteiger partial charge in [0.25, 0.3) is 5.91 Å². The molecule has 4 aromatic heterocycles. The van der Waals surface area contributed by atoms with Crippen LogP contribution >= 0.6 is 0 Å². The van der Waals surface area contributed by atoms with E-state index in [0.717, 1.165) is 6.07 Å². The molecule has 1 aliphatic rings. The molecule has 1 saturated heterocycles. The lowest BCUT2D eigenvalue weighted by atomic mass is 10.1. The Balaban J connectivity index is 1.16. The molecule has 1 aliphatic heterocycles. The second-order valence-electron chi connectivity index (χ2n) is 11.1. The summed E-state index contributed by atoms with van der Waals surface area (Å²) in [6, 6.07) is 7.34. The SMILES string of the molecule is CN(CC[S@@+](C)[O-])C(=O)c1cc(N2CCN(CCn3c(=O)n(C)c4c3nc(N)n3nc(-c5ccco5)cc43)CC2)c(F)cc1F. The zero-order chi connectivity index (χ0) is 32.0. The maximum Gasteiger partial charge on any atom is 0.330 e. The molecule has 2 N–H and O–H groups in total. The number of halogens is 2. The minimum atomic E-state index is -1.11. The number of imidazole rings is 1. The molecular weight excluding hydrogens is 608 g/mol. The van der Waals surface area contributed by atoms with Gasteiger partial charge in [0.1, 0.15) is 28.6 Å². The van der Waals surface area contributed by atoms with Crippen LogP contribution in [-0.2, 0) is 24.8 Å². The monoisotopic (exact) mass is 641 g/mol. The van der Waals surface area contributed by atoms with Crippen LogP contribution in [0.2, 0.25) is 0 Å². The zero-order valence-electron chi connectivity index (χ0n) is 25.1. The summed E-state index contributed by atoms with van der Waals surface area (Å²) in [5.41, 5.74) is 8.15. The van der Waals surface area contributed by atoms with Crippen molar-refractivity contribution in [3.63, 3.8) is 0 Å². The number of carbonyl (C=O) groups excluding carboxylic acids is 1. The Morgan fingerprint density at radius 1 is 1.16 bits per heavy atom. The van der Waals surface area contributed by atoms with Gasteiger partial charge in [-0.05, 0) is 24.3 Å². The van der Waals surface area contributed by atoms with Gasteiger partial charge in [-0.25, -0.2) is 13.6 Å². The van der Waals surface area contributed by atoms with Crippen LogP contribution < -0.4 is 16.3 Å². The molecule has 1 amide bonds. The number of hydrogen-bond acceptors (Lipinski definition) is 9. The first kappa shape index (κ1) is 30.6. The highest BCUT2D eigenvalue weighted by Gasteiger charge is 2.26. The number of nitrogens with zero attached hydrogens (tertiary/aromatic N) is 8. The summed E-state index contributed by atoms with van der Waals surface area (Å²) in [6.45, 7) is 3.03. The van der Waals surface area contributed by atoms with Gasteiger partial charge >= 0.3 is 5.69 Å². The summed E-state index contributed by atoms with van der Waals surface area (Å²) in [7, 11) is 3.17. The smallest absolute Gasteiger partial charge is 0.330 e. The standard InChI is InChI=1S/C29H33F2N9O4S/c1-35(12-14-45(3)43)27(41)18-15-22(20(31)16-19(18)30)38-9-6-37(7-10-38)8-11-39-26-25(36(2)29(39)42)23-17-21(24-5-4-13-44-24)34-40(23)28(32)33-26/h4-5,13,15-17H,6-12,14H2,1-3H3,(H2,32,33)/t45-/m1/s1. The Labute approximate surface area is 259 Å². The molecule has 0 bridgehead atoms. The molecule has 0 saturated carbocycles. The van der Waals surface area contributed by atoms with Crippen molar-refractivity contribution < 1.29 is 22.5 Å². The van der Waals surface area contributed by atoms with Crippen LogP contribution in [-0.4, -0.2) is 102 Å². The molecule has 0 radical (unpaired) electrons. The summed E-state index contributed by atoms with van der Waals surface area (Å²) in [5, 5.41) is 4.50. The fourth-order valence-electron chi connectivity index (χ4n) is 5.64. The summed E-state index contributed by atoms with van der Waals surface area (Å²) in [5.74, 6) is -1.33. The normalized spacial score (nSPS) is 14.9. The van der Waals surface area contributed by atoms with Gasteiger partial charge in [0.2, 0.25) is 5.95 Å². The molecule has 16 heteroatoms. The van der Waals surface area contributed by atoms with E-state index in [1.807, 2.05) is 0 Å². The van der Waals surface area contributed by atoms with Gasteiger partial charge in [-0.3, -0.25) is 18.8 Å². The molecule has 5 heterocycles. The first-order valence-electron chi connectivity index (χ1n) is 14.3. The minimum Gasteiger partial charge on any atom is -0.617 e. The van der Waals surface area contributed by atoms with E-state index in [9.17, 15) is 22.9 Å². The second kappa shape index (κ2) is 12.2. The summed E-state index contributed by atoms with van der Waals surface area (Å²) < 4.78 is 51.0. The number of furan rings is 1. The number of benzene rings is 1. The van der Waals surface area contributed by atoms with Crippen molar-refractivity contribution in [2.45, 2.75) is 6.54 Å². The number of fused-ring (bicyclic) bond motifs is 3. The van der Waals surface area contributed by atoms with E-state index in [1.165, 1.54) is 33.4 Å². The number of aryl methyl sites for hydroxylation is 1. The lowest BCUT2D eigenvalue weighted by molar-refractivity contribution is 0.0798. The number of nitrogen functional groups attached to an aromatic ring is 1. The van der Waals surface area contributed by atoms with Crippen LogP contribution in [0.15, 0.2) is 45.8 Å². The van der Waals surface area contributed by atoms with E-state index in [-0.39, 0.29) is 35.2 Å². The topological polar surface area (TPSA) is 146 Å². The number of hydrogen-bond donors (Lipinski definition) is 1. The van der Waals surface area contributed by atoms with Crippen LogP contribution in [0.5, 0.6) is 0 Å². The van der Waals surface area contributed by atoms with E-state index in [4.69, 9.17) is 10.2 Å². The van der Waals surface area contributed by atoms with Crippen LogP contribution in [0, 0.1) is 11.6 Å². The largest absolute Gasteiger partial charge is 0.617 e. The van der Waals surface area contributed by atoms with Gasteiger partial charge in [-0.15, -0.1) is 0 Å². The molecule has 45 heavy (non-hydrogen) atoms. The average molecular weight is 642 g/mol. The Bertz CT molecular complexity index is 1930. The molecule has 1 fully saturated rings. The van der Waals surface area contributed by atoms with Crippen molar-refractivity contribution in [2.24, 2.45) is 7.05 Å². The third kappa shape index (κ3) is 5.76. The Morgan fingerprint density at radius 3 is 2.60 bits per heavy atom. The Morgan fingerprint density at radius 2 is 1.91 bits per heavy atom. The van der Waals surface area contributed by atoms with Crippen LogP contribution in [0.1, 0.15) is 10.4 Å². The van der Waals surface area contributed by atoms with E-state index in [2.05, 4.69) is 15.0 Å². The molecule has 0 aliphatic carbocycles. The minimum absolute atomic E-state index is 0.133. The highest BCUT2D eigenvalue weighted by molar-refractivity contribution is 7.90. The number of amides is 1. The molecule has 238 valence electrons. The third-order valence-corrected chi connectivity index (χ3v) is 8.92. The van der Waals surface area contributed by atoms with Crippen LogP contribution in [0.25, 0.3) is 28.1 Å². The number of rotatable bonds is 9. The number of piperazine rings is 1. The van der Waals surface area contributed by atoms with Crippen LogP contribution in [0.4, 0.5) is 20.4 Å². The van der Waals surface area contributed by atoms with Gasteiger partial charge in [-0.2, -0.15) is 14.6 Å². The van der Waals surface area contributed by atoms with E-state index in [1.54, 1.807) is 41.0 Å². The fraction of sp³-hybridized carbons (Fsp3) is 0.379. The number of carbonyl (C=O) groups is 1. The highest BCUT2D eigenvalue weighted by Crippen LogP contribution is 2.27. The molecule has 1 aromatic carbocycles.